The minimum absolute atomic E-state index is 0.112. The average Bonchev–Trinajstić information content (AvgIpc) is 2.66. The van der Waals surface area contributed by atoms with Crippen molar-refractivity contribution in [3.05, 3.63) is 65.0 Å². The maximum absolute atomic E-state index is 12.8. The van der Waals surface area contributed by atoms with E-state index in [-0.39, 0.29) is 24.8 Å². The van der Waals surface area contributed by atoms with Gasteiger partial charge in [0.05, 0.1) is 6.54 Å². The fourth-order valence-corrected chi connectivity index (χ4v) is 3.10. The number of anilines is 1. The van der Waals surface area contributed by atoms with E-state index < -0.39 is 6.03 Å². The van der Waals surface area contributed by atoms with Crippen LogP contribution in [0, 0.1) is 5.82 Å². The van der Waals surface area contributed by atoms with Crippen LogP contribution in [-0.2, 0) is 24.2 Å². The zero-order chi connectivity index (χ0) is 18.4. The summed E-state index contributed by atoms with van der Waals surface area (Å²) in [5, 5.41) is 8.05. The smallest absolute Gasteiger partial charge is 0.315 e. The molecule has 3 rings (SSSR count). The van der Waals surface area contributed by atoms with Crippen molar-refractivity contribution in [2.24, 2.45) is 0 Å². The number of hydrogen-bond acceptors (Lipinski definition) is 2. The zero-order valence-corrected chi connectivity index (χ0v) is 14.5. The van der Waals surface area contributed by atoms with Crippen LogP contribution in [0.5, 0.6) is 0 Å². The molecule has 3 amide bonds. The summed E-state index contributed by atoms with van der Waals surface area (Å²) in [6.07, 6.45) is 4.32. The van der Waals surface area contributed by atoms with Crippen LogP contribution >= 0.6 is 0 Å². The predicted molar refractivity (Wildman–Crippen MR) is 98.4 cm³/mol. The van der Waals surface area contributed by atoms with E-state index in [1.165, 1.54) is 29.7 Å². The van der Waals surface area contributed by atoms with Crippen molar-refractivity contribution in [3.8, 4) is 0 Å². The molecule has 3 N–H and O–H groups in total. The number of benzene rings is 2. The molecule has 0 saturated heterocycles. The molecular weight excluding hydrogens is 333 g/mol. The lowest BCUT2D eigenvalue weighted by Gasteiger charge is -2.19. The maximum Gasteiger partial charge on any atom is 0.315 e. The Hall–Kier alpha value is -2.89. The van der Waals surface area contributed by atoms with Gasteiger partial charge in [-0.05, 0) is 60.6 Å². The number of aryl methyl sites for hydroxylation is 1. The third kappa shape index (κ3) is 4.81. The first-order chi connectivity index (χ1) is 12.6. The van der Waals surface area contributed by atoms with Gasteiger partial charge in [0.25, 0.3) is 0 Å². The molecule has 0 bridgehead atoms. The second-order valence-electron chi connectivity index (χ2n) is 6.36. The molecule has 0 heterocycles. The van der Waals surface area contributed by atoms with Gasteiger partial charge >= 0.3 is 6.03 Å². The topological polar surface area (TPSA) is 70.2 Å². The second kappa shape index (κ2) is 8.47. The Balaban J connectivity index is 1.45. The van der Waals surface area contributed by atoms with Crippen molar-refractivity contribution in [3.63, 3.8) is 0 Å². The Kier molecular flexibility index (Phi) is 5.84. The average molecular weight is 355 g/mol. The first-order valence-corrected chi connectivity index (χ1v) is 8.78. The van der Waals surface area contributed by atoms with E-state index in [2.05, 4.69) is 22.0 Å². The number of carbonyl (C=O) groups is 2. The third-order valence-electron chi connectivity index (χ3n) is 4.45. The fourth-order valence-electron chi connectivity index (χ4n) is 3.10. The lowest BCUT2D eigenvalue weighted by Crippen LogP contribution is -2.39. The molecule has 2 aromatic carbocycles. The van der Waals surface area contributed by atoms with Crippen molar-refractivity contribution in [2.75, 3.05) is 11.9 Å². The predicted octanol–water partition coefficient (Wildman–Crippen LogP) is 3.14. The van der Waals surface area contributed by atoms with Gasteiger partial charge in [0.1, 0.15) is 5.82 Å². The van der Waals surface area contributed by atoms with Crippen LogP contribution in [0.3, 0.4) is 0 Å². The van der Waals surface area contributed by atoms with Crippen LogP contribution in [0.15, 0.2) is 42.5 Å². The summed E-state index contributed by atoms with van der Waals surface area (Å²) in [7, 11) is 0. The Morgan fingerprint density at radius 1 is 0.962 bits per heavy atom. The van der Waals surface area contributed by atoms with Crippen molar-refractivity contribution < 1.29 is 14.0 Å². The van der Waals surface area contributed by atoms with Crippen molar-refractivity contribution in [1.29, 1.82) is 0 Å². The fraction of sp³-hybridized carbons (Fsp3) is 0.300. The van der Waals surface area contributed by atoms with E-state index in [0.29, 0.717) is 0 Å². The first-order valence-electron chi connectivity index (χ1n) is 8.78. The highest BCUT2D eigenvalue weighted by Crippen LogP contribution is 2.27. The molecule has 0 unspecified atom stereocenters. The molecule has 1 aliphatic rings. The summed E-state index contributed by atoms with van der Waals surface area (Å²) >= 11 is 0. The molecule has 5 nitrogen and oxygen atoms in total. The molecule has 1 aliphatic carbocycles. The molecule has 136 valence electrons. The number of fused-ring (bicyclic) bond motifs is 1. The van der Waals surface area contributed by atoms with Crippen molar-refractivity contribution in [2.45, 2.75) is 32.2 Å². The van der Waals surface area contributed by atoms with E-state index in [1.54, 1.807) is 12.1 Å². The number of nitrogens with one attached hydrogen (secondary N) is 3. The Morgan fingerprint density at radius 3 is 2.54 bits per heavy atom. The van der Waals surface area contributed by atoms with Crippen molar-refractivity contribution in [1.82, 2.24) is 10.6 Å². The number of urea groups is 1. The molecule has 2 aromatic rings. The zero-order valence-electron chi connectivity index (χ0n) is 14.5. The number of rotatable bonds is 5. The van der Waals surface area contributed by atoms with Crippen molar-refractivity contribution >= 4 is 17.6 Å². The standard InChI is InChI=1S/C20H22FN3O2/c21-16-10-8-14(9-11-16)12-22-20(26)23-13-19(25)24-18-7-3-5-15-4-1-2-6-17(15)18/h3,5,7-11H,1-2,4,6,12-13H2,(H,24,25)(H2,22,23,26). The summed E-state index contributed by atoms with van der Waals surface area (Å²) in [5.74, 6) is -0.584. The Labute approximate surface area is 152 Å². The van der Waals surface area contributed by atoms with Gasteiger partial charge in [-0.25, -0.2) is 9.18 Å². The van der Waals surface area contributed by atoms with E-state index >= 15 is 0 Å². The Bertz CT molecular complexity index is 790. The van der Waals surface area contributed by atoms with E-state index in [1.807, 2.05) is 12.1 Å². The summed E-state index contributed by atoms with van der Waals surface area (Å²) in [4.78, 5) is 23.9. The second-order valence-corrected chi connectivity index (χ2v) is 6.36. The molecular formula is C20H22FN3O2. The van der Waals surface area contributed by atoms with Crippen LogP contribution < -0.4 is 16.0 Å². The summed E-state index contributed by atoms with van der Waals surface area (Å²) < 4.78 is 12.8. The molecule has 0 atom stereocenters. The minimum atomic E-state index is -0.445. The number of halogens is 1. The molecule has 6 heteroatoms. The van der Waals surface area contributed by atoms with Gasteiger partial charge in [0, 0.05) is 12.2 Å². The lowest BCUT2D eigenvalue weighted by molar-refractivity contribution is -0.115. The molecule has 0 aromatic heterocycles. The monoisotopic (exact) mass is 355 g/mol. The molecule has 0 radical (unpaired) electrons. The number of amides is 3. The molecule has 0 saturated carbocycles. The third-order valence-corrected chi connectivity index (χ3v) is 4.45. The Morgan fingerprint density at radius 2 is 1.73 bits per heavy atom. The first kappa shape index (κ1) is 17.9. The number of carbonyl (C=O) groups excluding carboxylic acids is 2. The number of hydrogen-bond donors (Lipinski definition) is 3. The minimum Gasteiger partial charge on any atom is -0.334 e. The van der Waals surface area contributed by atoms with Crippen LogP contribution in [0.1, 0.15) is 29.5 Å². The molecule has 0 fully saturated rings. The summed E-state index contributed by atoms with van der Waals surface area (Å²) in [6.45, 7) is 0.152. The highest BCUT2D eigenvalue weighted by molar-refractivity contribution is 5.95. The highest BCUT2D eigenvalue weighted by Gasteiger charge is 2.14. The maximum atomic E-state index is 12.8. The van der Waals surface area contributed by atoms with Crippen LogP contribution in [0.4, 0.5) is 14.9 Å². The summed E-state index contributed by atoms with van der Waals surface area (Å²) in [5.41, 5.74) is 4.11. The van der Waals surface area contributed by atoms with E-state index in [0.717, 1.165) is 30.5 Å². The highest BCUT2D eigenvalue weighted by atomic mass is 19.1. The molecule has 26 heavy (non-hydrogen) atoms. The SMILES string of the molecule is O=C(CNC(=O)NCc1ccc(F)cc1)Nc1cccc2c1CCCC2. The van der Waals surface area contributed by atoms with Gasteiger partial charge in [-0.3, -0.25) is 4.79 Å². The van der Waals surface area contributed by atoms with E-state index in [9.17, 15) is 14.0 Å². The quantitative estimate of drug-likeness (QED) is 0.771. The van der Waals surface area contributed by atoms with E-state index in [4.69, 9.17) is 0 Å². The van der Waals surface area contributed by atoms with Gasteiger partial charge in [0.15, 0.2) is 0 Å². The lowest BCUT2D eigenvalue weighted by atomic mass is 9.90. The molecule has 0 spiro atoms. The van der Waals surface area contributed by atoms with Crippen LogP contribution in [0.2, 0.25) is 0 Å². The van der Waals surface area contributed by atoms with Crippen LogP contribution in [0.25, 0.3) is 0 Å². The van der Waals surface area contributed by atoms with Crippen LogP contribution in [-0.4, -0.2) is 18.5 Å². The largest absolute Gasteiger partial charge is 0.334 e. The van der Waals surface area contributed by atoms with Gasteiger partial charge in [-0.15, -0.1) is 0 Å². The molecule has 0 aliphatic heterocycles. The normalized spacial score (nSPS) is 12.8. The van der Waals surface area contributed by atoms with Gasteiger partial charge < -0.3 is 16.0 Å². The van der Waals surface area contributed by atoms with Gasteiger partial charge in [-0.1, -0.05) is 24.3 Å². The van der Waals surface area contributed by atoms with Gasteiger partial charge in [-0.2, -0.15) is 0 Å². The summed E-state index contributed by atoms with van der Waals surface area (Å²) in [6, 6.07) is 11.4. The van der Waals surface area contributed by atoms with Gasteiger partial charge in [0.2, 0.25) is 5.91 Å².